The summed E-state index contributed by atoms with van der Waals surface area (Å²) in [5.74, 6) is -1.00. The van der Waals surface area contributed by atoms with Crippen molar-refractivity contribution in [3.8, 4) is 0 Å². The maximum atomic E-state index is 12.5. The zero-order chi connectivity index (χ0) is 14.8. The molecule has 0 aliphatic heterocycles. The zero-order valence-corrected chi connectivity index (χ0v) is 12.5. The van der Waals surface area contributed by atoms with E-state index < -0.39 is 11.9 Å². The minimum atomic E-state index is -0.813. The number of allylic oxidation sites excluding steroid dienone is 2. The van der Waals surface area contributed by atoms with Gasteiger partial charge >= 0.3 is 5.97 Å². The summed E-state index contributed by atoms with van der Waals surface area (Å²) in [7, 11) is 0. The standard InChI is InChI=1S/C17H25NO3/c19-16(18-10-11-4-2-1-3-5-11)14-12-6-8-13(9-7-12)15(14)17(20)21/h6,8,11-15H,1-5,7,9-10H2,(H,18,19)(H,20,21)/t12-,13+,14+,15-/m1/s1. The number of carboxylic acid groups (broad SMARTS) is 1. The first-order chi connectivity index (χ1) is 10.2. The van der Waals surface area contributed by atoms with E-state index in [0.717, 1.165) is 19.4 Å². The van der Waals surface area contributed by atoms with Crippen LogP contribution in [0.2, 0.25) is 0 Å². The summed E-state index contributed by atoms with van der Waals surface area (Å²) < 4.78 is 0. The van der Waals surface area contributed by atoms with Crippen molar-refractivity contribution in [1.82, 2.24) is 5.32 Å². The first-order valence-corrected chi connectivity index (χ1v) is 8.35. The molecule has 0 aromatic rings. The molecule has 4 nitrogen and oxygen atoms in total. The van der Waals surface area contributed by atoms with Gasteiger partial charge in [-0.2, -0.15) is 0 Å². The fraction of sp³-hybridized carbons (Fsp3) is 0.765. The molecule has 21 heavy (non-hydrogen) atoms. The van der Waals surface area contributed by atoms with Crippen molar-refractivity contribution in [2.75, 3.05) is 6.54 Å². The van der Waals surface area contributed by atoms with Crippen molar-refractivity contribution in [1.29, 1.82) is 0 Å². The molecule has 2 fully saturated rings. The number of carboxylic acids is 1. The molecule has 4 rings (SSSR count). The van der Waals surface area contributed by atoms with Gasteiger partial charge in [0, 0.05) is 6.54 Å². The van der Waals surface area contributed by atoms with Gasteiger partial charge in [-0.3, -0.25) is 9.59 Å². The SMILES string of the molecule is O=C(NCC1CCCCC1)[C@@H]1[C@H](C(=O)O)[C@H]2C=C[C@@H]1CC2. The topological polar surface area (TPSA) is 66.4 Å². The van der Waals surface area contributed by atoms with Crippen LogP contribution in [0.15, 0.2) is 12.2 Å². The molecule has 4 atom stereocenters. The summed E-state index contributed by atoms with van der Waals surface area (Å²) in [6, 6.07) is 0. The largest absolute Gasteiger partial charge is 0.481 e. The molecule has 4 heteroatoms. The monoisotopic (exact) mass is 291 g/mol. The molecule has 4 aliphatic rings. The lowest BCUT2D eigenvalue weighted by Crippen LogP contribution is -2.49. The Morgan fingerprint density at radius 3 is 2.14 bits per heavy atom. The van der Waals surface area contributed by atoms with Crippen LogP contribution in [-0.4, -0.2) is 23.5 Å². The van der Waals surface area contributed by atoms with Crippen LogP contribution >= 0.6 is 0 Å². The number of carbonyl (C=O) groups excluding carboxylic acids is 1. The smallest absolute Gasteiger partial charge is 0.307 e. The van der Waals surface area contributed by atoms with Crippen LogP contribution in [0, 0.1) is 29.6 Å². The Bertz CT molecular complexity index is 439. The zero-order valence-electron chi connectivity index (χ0n) is 12.5. The second kappa shape index (κ2) is 6.20. The second-order valence-corrected chi connectivity index (χ2v) is 6.93. The lowest BCUT2D eigenvalue weighted by Gasteiger charge is -2.42. The number of nitrogens with one attached hydrogen (secondary N) is 1. The van der Waals surface area contributed by atoms with Crippen LogP contribution in [0.3, 0.4) is 0 Å². The molecule has 0 unspecified atom stereocenters. The van der Waals surface area contributed by atoms with Crippen molar-refractivity contribution < 1.29 is 14.7 Å². The van der Waals surface area contributed by atoms with E-state index in [1.54, 1.807) is 0 Å². The Balaban J connectivity index is 1.62. The molecule has 1 amide bonds. The van der Waals surface area contributed by atoms with Gasteiger partial charge in [0.05, 0.1) is 11.8 Å². The number of hydrogen-bond acceptors (Lipinski definition) is 2. The highest BCUT2D eigenvalue weighted by molar-refractivity contribution is 5.86. The summed E-state index contributed by atoms with van der Waals surface area (Å²) in [4.78, 5) is 24.1. The van der Waals surface area contributed by atoms with Gasteiger partial charge in [-0.15, -0.1) is 0 Å². The molecule has 2 N–H and O–H groups in total. The van der Waals surface area contributed by atoms with Crippen LogP contribution in [0.5, 0.6) is 0 Å². The minimum Gasteiger partial charge on any atom is -0.481 e. The van der Waals surface area contributed by atoms with Gasteiger partial charge in [0.2, 0.25) is 5.91 Å². The Morgan fingerprint density at radius 2 is 1.57 bits per heavy atom. The molecule has 0 radical (unpaired) electrons. The maximum absolute atomic E-state index is 12.5. The first kappa shape index (κ1) is 14.6. The highest BCUT2D eigenvalue weighted by Gasteiger charge is 2.48. The van der Waals surface area contributed by atoms with E-state index in [9.17, 15) is 14.7 Å². The van der Waals surface area contributed by atoms with E-state index in [-0.39, 0.29) is 23.7 Å². The summed E-state index contributed by atoms with van der Waals surface area (Å²) in [5, 5.41) is 12.5. The molecule has 0 aromatic carbocycles. The van der Waals surface area contributed by atoms with Gasteiger partial charge in [-0.25, -0.2) is 0 Å². The highest BCUT2D eigenvalue weighted by Crippen LogP contribution is 2.45. The van der Waals surface area contributed by atoms with Crippen molar-refractivity contribution in [3.05, 3.63) is 12.2 Å². The van der Waals surface area contributed by atoms with Crippen LogP contribution in [0.4, 0.5) is 0 Å². The molecule has 2 saturated carbocycles. The van der Waals surface area contributed by atoms with Crippen molar-refractivity contribution in [3.63, 3.8) is 0 Å². The molecule has 0 saturated heterocycles. The lowest BCUT2D eigenvalue weighted by molar-refractivity contribution is -0.153. The predicted molar refractivity (Wildman–Crippen MR) is 79.6 cm³/mol. The van der Waals surface area contributed by atoms with Crippen molar-refractivity contribution in [2.45, 2.75) is 44.9 Å². The van der Waals surface area contributed by atoms with Gasteiger partial charge in [0.1, 0.15) is 0 Å². The Labute approximate surface area is 126 Å². The average Bonchev–Trinajstić information content (AvgIpc) is 2.53. The molecule has 116 valence electrons. The Morgan fingerprint density at radius 1 is 0.952 bits per heavy atom. The number of aliphatic carboxylic acids is 1. The third-order valence-electron chi connectivity index (χ3n) is 5.63. The number of carbonyl (C=O) groups is 2. The molecule has 0 spiro atoms. The van der Waals surface area contributed by atoms with E-state index in [1.165, 1.54) is 32.1 Å². The average molecular weight is 291 g/mol. The number of fused-ring (bicyclic) bond motifs is 2. The lowest BCUT2D eigenvalue weighted by atomic mass is 9.62. The van der Waals surface area contributed by atoms with Crippen LogP contribution in [0.1, 0.15) is 44.9 Å². The second-order valence-electron chi connectivity index (χ2n) is 6.93. The molecule has 0 aromatic heterocycles. The van der Waals surface area contributed by atoms with E-state index in [2.05, 4.69) is 11.4 Å². The van der Waals surface area contributed by atoms with E-state index in [4.69, 9.17) is 0 Å². The first-order valence-electron chi connectivity index (χ1n) is 8.35. The molecule has 0 heterocycles. The fourth-order valence-electron chi connectivity index (χ4n) is 4.44. The fourth-order valence-corrected chi connectivity index (χ4v) is 4.44. The van der Waals surface area contributed by atoms with Gasteiger partial charge in [-0.1, -0.05) is 31.4 Å². The van der Waals surface area contributed by atoms with Crippen LogP contribution < -0.4 is 5.32 Å². The number of rotatable bonds is 4. The van der Waals surface area contributed by atoms with Gasteiger partial charge in [0.25, 0.3) is 0 Å². The summed E-state index contributed by atoms with van der Waals surface area (Å²) in [6.07, 6.45) is 12.2. The highest BCUT2D eigenvalue weighted by atomic mass is 16.4. The molecule has 4 aliphatic carbocycles. The van der Waals surface area contributed by atoms with E-state index >= 15 is 0 Å². The normalized spacial score (nSPS) is 35.6. The number of hydrogen-bond donors (Lipinski definition) is 2. The minimum absolute atomic E-state index is 0.0352. The third kappa shape index (κ3) is 2.99. The quantitative estimate of drug-likeness (QED) is 0.782. The summed E-state index contributed by atoms with van der Waals surface area (Å²) in [5.41, 5.74) is 0. The maximum Gasteiger partial charge on any atom is 0.307 e. The van der Waals surface area contributed by atoms with E-state index in [1.807, 2.05) is 6.08 Å². The summed E-state index contributed by atoms with van der Waals surface area (Å²) >= 11 is 0. The van der Waals surface area contributed by atoms with E-state index in [0.29, 0.717) is 5.92 Å². The number of amides is 1. The van der Waals surface area contributed by atoms with Gasteiger partial charge < -0.3 is 10.4 Å². The van der Waals surface area contributed by atoms with Crippen molar-refractivity contribution in [2.24, 2.45) is 29.6 Å². The molecular formula is C17H25NO3. The van der Waals surface area contributed by atoms with Crippen LogP contribution in [0.25, 0.3) is 0 Å². The Kier molecular flexibility index (Phi) is 4.32. The Hall–Kier alpha value is -1.32. The summed E-state index contributed by atoms with van der Waals surface area (Å²) in [6.45, 7) is 0.725. The van der Waals surface area contributed by atoms with Crippen molar-refractivity contribution >= 4 is 11.9 Å². The molecular weight excluding hydrogens is 266 g/mol. The predicted octanol–water partition coefficient (Wildman–Crippen LogP) is 2.60. The third-order valence-corrected chi connectivity index (χ3v) is 5.63. The van der Waals surface area contributed by atoms with Gasteiger partial charge in [-0.05, 0) is 43.4 Å². The van der Waals surface area contributed by atoms with Crippen LogP contribution in [-0.2, 0) is 9.59 Å². The molecule has 2 bridgehead atoms. The van der Waals surface area contributed by atoms with Gasteiger partial charge in [0.15, 0.2) is 0 Å².